The number of aromatic nitrogens is 2. The maximum atomic E-state index is 13.6. The highest BCUT2D eigenvalue weighted by Crippen LogP contribution is 2.34. The predicted molar refractivity (Wildman–Crippen MR) is 92.8 cm³/mol. The zero-order valence-corrected chi connectivity index (χ0v) is 14.4. The van der Waals surface area contributed by atoms with E-state index in [9.17, 15) is 4.39 Å². The van der Waals surface area contributed by atoms with Crippen LogP contribution in [-0.2, 0) is 4.74 Å². The number of aryl methyl sites for hydroxylation is 1. The summed E-state index contributed by atoms with van der Waals surface area (Å²) in [6.07, 6.45) is 5.68. The molecule has 0 bridgehead atoms. The lowest BCUT2D eigenvalue weighted by molar-refractivity contribution is -0.0567. The van der Waals surface area contributed by atoms with Gasteiger partial charge in [0, 0.05) is 49.7 Å². The number of morpholine rings is 1. The fraction of sp³-hybridized carbons (Fsp3) is 0.526. The van der Waals surface area contributed by atoms with Gasteiger partial charge in [0.25, 0.3) is 0 Å². The molecule has 0 radical (unpaired) electrons. The number of rotatable bonds is 4. The van der Waals surface area contributed by atoms with Gasteiger partial charge in [-0.25, -0.2) is 9.37 Å². The van der Waals surface area contributed by atoms with Gasteiger partial charge >= 0.3 is 0 Å². The Labute approximate surface area is 147 Å². The number of benzene rings is 1. The first kappa shape index (κ1) is 16.7. The minimum Gasteiger partial charge on any atom is -0.396 e. The normalized spacial score (nSPS) is 26.8. The van der Waals surface area contributed by atoms with Crippen molar-refractivity contribution in [2.75, 3.05) is 26.3 Å². The van der Waals surface area contributed by atoms with E-state index in [1.54, 1.807) is 13.0 Å². The maximum absolute atomic E-state index is 13.6. The van der Waals surface area contributed by atoms with Crippen molar-refractivity contribution in [3.8, 4) is 11.4 Å². The van der Waals surface area contributed by atoms with Crippen LogP contribution in [0.5, 0.6) is 0 Å². The predicted octanol–water partition coefficient (Wildman–Crippen LogP) is 2.39. The first-order chi connectivity index (χ1) is 12.2. The number of imidazole rings is 1. The van der Waals surface area contributed by atoms with Crippen LogP contribution in [0, 0.1) is 12.7 Å². The molecule has 25 heavy (non-hydrogen) atoms. The van der Waals surface area contributed by atoms with Crippen molar-refractivity contribution in [3.05, 3.63) is 42.0 Å². The van der Waals surface area contributed by atoms with Crippen LogP contribution in [0.4, 0.5) is 4.39 Å². The van der Waals surface area contributed by atoms with E-state index >= 15 is 0 Å². The molecule has 5 nitrogen and oxygen atoms in total. The number of ether oxygens (including phenoxy) is 1. The smallest absolute Gasteiger partial charge is 0.140 e. The highest BCUT2D eigenvalue weighted by Gasteiger charge is 2.38. The van der Waals surface area contributed by atoms with Crippen molar-refractivity contribution in [3.63, 3.8) is 0 Å². The molecule has 2 fully saturated rings. The molecule has 4 rings (SSSR count). The lowest BCUT2D eigenvalue weighted by Gasteiger charge is -2.34. The number of aliphatic hydroxyl groups is 1. The molecule has 1 aromatic heterocycles. The molecule has 1 aromatic carbocycles. The van der Waals surface area contributed by atoms with E-state index < -0.39 is 0 Å². The van der Waals surface area contributed by atoms with Crippen molar-refractivity contribution < 1.29 is 14.2 Å². The molecule has 2 aliphatic heterocycles. The molecule has 3 heterocycles. The number of aliphatic hydroxyl groups excluding tert-OH is 1. The number of halogens is 1. The second-order valence-corrected chi connectivity index (χ2v) is 7.09. The topological polar surface area (TPSA) is 50.5 Å². The van der Waals surface area contributed by atoms with Crippen molar-refractivity contribution >= 4 is 0 Å². The van der Waals surface area contributed by atoms with Gasteiger partial charge in [0.15, 0.2) is 0 Å². The molecular formula is C19H24FN3O2. The maximum Gasteiger partial charge on any atom is 0.140 e. The highest BCUT2D eigenvalue weighted by atomic mass is 19.1. The third kappa shape index (κ3) is 3.21. The van der Waals surface area contributed by atoms with E-state index in [-0.39, 0.29) is 18.5 Å². The highest BCUT2D eigenvalue weighted by molar-refractivity contribution is 5.57. The zero-order valence-electron chi connectivity index (χ0n) is 14.4. The van der Waals surface area contributed by atoms with Gasteiger partial charge in [0.2, 0.25) is 0 Å². The van der Waals surface area contributed by atoms with Gasteiger partial charge in [-0.15, -0.1) is 0 Å². The first-order valence-corrected chi connectivity index (χ1v) is 8.91. The summed E-state index contributed by atoms with van der Waals surface area (Å²) < 4.78 is 21.7. The standard InChI is InChI=1S/C19H24FN3O2/c1-13-8-14(2-3-18(13)20)19-21-5-6-23(19)15-9-16-12-25-17(4-7-24)11-22(16)10-15/h2-3,5-6,8,15-17,24H,4,7,9-12H2,1H3/t15-,16+,17+/m1/s1. The second kappa shape index (κ2) is 6.86. The van der Waals surface area contributed by atoms with E-state index in [0.29, 0.717) is 24.1 Å². The van der Waals surface area contributed by atoms with Crippen molar-refractivity contribution in [1.82, 2.24) is 14.5 Å². The summed E-state index contributed by atoms with van der Waals surface area (Å²) in [6.45, 7) is 4.50. The largest absolute Gasteiger partial charge is 0.396 e. The molecule has 0 unspecified atom stereocenters. The third-order valence-corrected chi connectivity index (χ3v) is 5.40. The third-order valence-electron chi connectivity index (χ3n) is 5.40. The van der Waals surface area contributed by atoms with Gasteiger partial charge < -0.3 is 14.4 Å². The van der Waals surface area contributed by atoms with Crippen LogP contribution in [0.1, 0.15) is 24.4 Å². The molecule has 0 spiro atoms. The minimum absolute atomic E-state index is 0.127. The molecule has 2 aliphatic rings. The van der Waals surface area contributed by atoms with Crippen LogP contribution in [-0.4, -0.2) is 58.0 Å². The van der Waals surface area contributed by atoms with E-state index in [1.165, 1.54) is 6.07 Å². The fourth-order valence-corrected chi connectivity index (χ4v) is 4.05. The second-order valence-electron chi connectivity index (χ2n) is 7.09. The monoisotopic (exact) mass is 345 g/mol. The first-order valence-electron chi connectivity index (χ1n) is 8.91. The molecule has 0 saturated carbocycles. The molecule has 134 valence electrons. The molecule has 2 aromatic rings. The van der Waals surface area contributed by atoms with E-state index in [0.717, 1.165) is 37.5 Å². The van der Waals surface area contributed by atoms with Gasteiger partial charge in [-0.1, -0.05) is 0 Å². The molecule has 3 atom stereocenters. The van der Waals surface area contributed by atoms with Crippen molar-refractivity contribution in [2.45, 2.75) is 38.0 Å². The molecule has 1 N–H and O–H groups in total. The zero-order chi connectivity index (χ0) is 17.4. The molecule has 2 saturated heterocycles. The summed E-state index contributed by atoms with van der Waals surface area (Å²) in [5.74, 6) is 0.702. The summed E-state index contributed by atoms with van der Waals surface area (Å²) in [5, 5.41) is 9.13. The number of fused-ring (bicyclic) bond motifs is 1. The Bertz CT molecular complexity index is 748. The van der Waals surface area contributed by atoms with Crippen LogP contribution in [0.25, 0.3) is 11.4 Å². The summed E-state index contributed by atoms with van der Waals surface area (Å²) in [6, 6.07) is 5.92. The SMILES string of the molecule is Cc1cc(-c2nccn2[C@@H]2C[C@H]3CO[C@@H](CCO)CN3C2)ccc1F. The fourth-order valence-electron chi connectivity index (χ4n) is 4.05. The Balaban J connectivity index is 1.54. The Kier molecular flexibility index (Phi) is 4.58. The average Bonchev–Trinajstić information content (AvgIpc) is 3.23. The lowest BCUT2D eigenvalue weighted by atomic mass is 10.1. The van der Waals surface area contributed by atoms with E-state index in [4.69, 9.17) is 9.84 Å². The molecule has 0 aliphatic carbocycles. The van der Waals surface area contributed by atoms with E-state index in [2.05, 4.69) is 14.5 Å². The Morgan fingerprint density at radius 2 is 2.20 bits per heavy atom. The molecule has 6 heteroatoms. The Morgan fingerprint density at radius 3 is 3.00 bits per heavy atom. The summed E-state index contributed by atoms with van der Waals surface area (Å²) in [4.78, 5) is 6.99. The van der Waals surface area contributed by atoms with Crippen LogP contribution in [0.15, 0.2) is 30.6 Å². The van der Waals surface area contributed by atoms with Gasteiger partial charge in [-0.05, 0) is 43.5 Å². The summed E-state index contributed by atoms with van der Waals surface area (Å²) in [7, 11) is 0. The van der Waals surface area contributed by atoms with Crippen LogP contribution in [0.3, 0.4) is 0 Å². The van der Waals surface area contributed by atoms with Gasteiger partial charge in [0.1, 0.15) is 11.6 Å². The lowest BCUT2D eigenvalue weighted by Crippen LogP contribution is -2.46. The molecular weight excluding hydrogens is 321 g/mol. The van der Waals surface area contributed by atoms with Crippen LogP contribution in [0.2, 0.25) is 0 Å². The number of hydrogen-bond acceptors (Lipinski definition) is 4. The summed E-state index contributed by atoms with van der Waals surface area (Å²) in [5.41, 5.74) is 1.58. The van der Waals surface area contributed by atoms with Gasteiger partial charge in [0.05, 0.1) is 12.7 Å². The molecule has 0 amide bonds. The number of nitrogens with zero attached hydrogens (tertiary/aromatic N) is 3. The number of hydrogen-bond donors (Lipinski definition) is 1. The van der Waals surface area contributed by atoms with E-state index in [1.807, 2.05) is 18.5 Å². The average molecular weight is 345 g/mol. The Morgan fingerprint density at radius 1 is 1.32 bits per heavy atom. The summed E-state index contributed by atoms with van der Waals surface area (Å²) >= 11 is 0. The van der Waals surface area contributed by atoms with Gasteiger partial charge in [-0.2, -0.15) is 0 Å². The van der Waals surface area contributed by atoms with Gasteiger partial charge in [-0.3, -0.25) is 4.90 Å². The Hall–Kier alpha value is -1.76. The minimum atomic E-state index is -0.188. The van der Waals surface area contributed by atoms with Crippen LogP contribution < -0.4 is 0 Å². The van der Waals surface area contributed by atoms with Crippen molar-refractivity contribution in [2.24, 2.45) is 0 Å². The van der Waals surface area contributed by atoms with Crippen molar-refractivity contribution in [1.29, 1.82) is 0 Å². The van der Waals surface area contributed by atoms with Crippen LogP contribution >= 0.6 is 0 Å². The quantitative estimate of drug-likeness (QED) is 0.924.